The molecule has 6 nitrogen and oxygen atoms in total. The Morgan fingerprint density at radius 2 is 2.19 bits per heavy atom. The van der Waals surface area contributed by atoms with E-state index in [1.54, 1.807) is 13.2 Å². The quantitative estimate of drug-likeness (QED) is 0.755. The lowest BCUT2D eigenvalue weighted by molar-refractivity contribution is 0.329. The number of aromatic amines is 1. The van der Waals surface area contributed by atoms with E-state index in [9.17, 15) is 4.79 Å². The number of para-hydroxylation sites is 1. The van der Waals surface area contributed by atoms with Crippen molar-refractivity contribution in [3.05, 3.63) is 47.0 Å². The van der Waals surface area contributed by atoms with Crippen molar-refractivity contribution in [3.63, 3.8) is 0 Å². The number of fused-ring (bicyclic) bond motifs is 1. The first kappa shape index (κ1) is 13.4. The monoisotopic (exact) mass is 284 g/mol. The number of benzene rings is 1. The number of hydrogen-bond donors (Lipinski definition) is 2. The maximum Gasteiger partial charge on any atom is 0.349 e. The molecule has 0 atom stereocenters. The number of aromatic nitrogens is 3. The third-order valence-electron chi connectivity index (χ3n) is 3.22. The fraction of sp³-hybridized carbons (Fsp3) is 0.200. The fourth-order valence-corrected chi connectivity index (χ4v) is 2.22. The van der Waals surface area contributed by atoms with Crippen LogP contribution in [0.4, 0.5) is 0 Å². The summed E-state index contributed by atoms with van der Waals surface area (Å²) in [6, 6.07) is 9.64. The lowest BCUT2D eigenvalue weighted by atomic mass is 10.1. The van der Waals surface area contributed by atoms with E-state index >= 15 is 0 Å². The van der Waals surface area contributed by atoms with Crippen LogP contribution in [0.5, 0.6) is 5.75 Å². The second kappa shape index (κ2) is 5.41. The second-order valence-electron chi connectivity index (χ2n) is 4.75. The number of nitrogens with two attached hydrogens (primary N) is 1. The molecule has 3 rings (SSSR count). The van der Waals surface area contributed by atoms with E-state index in [0.717, 1.165) is 22.4 Å². The largest absolute Gasteiger partial charge is 0.492 e. The standard InChI is InChI=1S/C15H16N4O2/c1-19-9-10-8-12(17-14(10)18-15(19)20)11-4-2-3-5-13(11)21-7-6-16/h2-5,8-9H,6-7,16H2,1H3,(H,17,18,20). The first-order valence-corrected chi connectivity index (χ1v) is 6.67. The minimum atomic E-state index is -0.288. The Kier molecular flexibility index (Phi) is 3.45. The van der Waals surface area contributed by atoms with Crippen molar-refractivity contribution in [3.8, 4) is 17.0 Å². The van der Waals surface area contributed by atoms with Crippen LogP contribution >= 0.6 is 0 Å². The topological polar surface area (TPSA) is 85.9 Å². The van der Waals surface area contributed by atoms with Gasteiger partial charge in [-0.1, -0.05) is 12.1 Å². The average molecular weight is 284 g/mol. The van der Waals surface area contributed by atoms with E-state index in [4.69, 9.17) is 10.5 Å². The Hall–Kier alpha value is -2.60. The highest BCUT2D eigenvalue weighted by atomic mass is 16.5. The van der Waals surface area contributed by atoms with Crippen LogP contribution in [0.15, 0.2) is 41.3 Å². The number of hydrogen-bond acceptors (Lipinski definition) is 4. The first-order valence-electron chi connectivity index (χ1n) is 6.67. The minimum absolute atomic E-state index is 0.288. The molecule has 0 amide bonds. The van der Waals surface area contributed by atoms with Crippen molar-refractivity contribution >= 4 is 11.0 Å². The molecule has 0 spiro atoms. The lowest BCUT2D eigenvalue weighted by Gasteiger charge is -2.09. The highest BCUT2D eigenvalue weighted by Gasteiger charge is 2.10. The van der Waals surface area contributed by atoms with Gasteiger partial charge in [0, 0.05) is 30.7 Å². The Balaban J connectivity index is 2.10. The molecule has 0 aliphatic heterocycles. The molecule has 0 bridgehead atoms. The molecule has 3 aromatic rings. The minimum Gasteiger partial charge on any atom is -0.492 e. The molecule has 2 heterocycles. The predicted molar refractivity (Wildman–Crippen MR) is 81.3 cm³/mol. The van der Waals surface area contributed by atoms with Gasteiger partial charge in [-0.05, 0) is 18.2 Å². The number of ether oxygens (including phenoxy) is 1. The van der Waals surface area contributed by atoms with Crippen LogP contribution in [0.2, 0.25) is 0 Å². The van der Waals surface area contributed by atoms with Gasteiger partial charge in [0.2, 0.25) is 0 Å². The maximum absolute atomic E-state index is 11.6. The van der Waals surface area contributed by atoms with Gasteiger partial charge in [-0.25, -0.2) is 4.79 Å². The van der Waals surface area contributed by atoms with E-state index < -0.39 is 0 Å². The Bertz CT molecular complexity index is 835. The molecule has 0 aliphatic carbocycles. The zero-order valence-corrected chi connectivity index (χ0v) is 11.7. The number of H-pyrrole nitrogens is 1. The van der Waals surface area contributed by atoms with Crippen LogP contribution in [0.1, 0.15) is 0 Å². The molecule has 108 valence electrons. The van der Waals surface area contributed by atoms with Gasteiger partial charge in [-0.15, -0.1) is 0 Å². The van der Waals surface area contributed by atoms with Gasteiger partial charge in [0.05, 0.1) is 5.69 Å². The number of rotatable bonds is 4. The summed E-state index contributed by atoms with van der Waals surface area (Å²) in [7, 11) is 1.68. The van der Waals surface area contributed by atoms with Crippen molar-refractivity contribution in [2.24, 2.45) is 12.8 Å². The normalized spacial score (nSPS) is 11.0. The zero-order chi connectivity index (χ0) is 14.8. The molecule has 0 aliphatic rings. The zero-order valence-electron chi connectivity index (χ0n) is 11.7. The molecule has 1 aromatic carbocycles. The van der Waals surface area contributed by atoms with Gasteiger partial charge in [0.1, 0.15) is 18.0 Å². The van der Waals surface area contributed by atoms with Crippen molar-refractivity contribution in [1.29, 1.82) is 0 Å². The van der Waals surface area contributed by atoms with E-state index in [2.05, 4.69) is 9.97 Å². The fourth-order valence-electron chi connectivity index (χ4n) is 2.22. The number of nitrogens with zero attached hydrogens (tertiary/aromatic N) is 2. The molecule has 0 radical (unpaired) electrons. The molecule has 0 unspecified atom stereocenters. The Morgan fingerprint density at radius 3 is 3.00 bits per heavy atom. The van der Waals surface area contributed by atoms with Crippen LogP contribution in [-0.2, 0) is 7.05 Å². The molecule has 0 fully saturated rings. The number of nitrogens with one attached hydrogen (secondary N) is 1. The second-order valence-corrected chi connectivity index (χ2v) is 4.75. The number of aryl methyl sites for hydroxylation is 1. The summed E-state index contributed by atoms with van der Waals surface area (Å²) < 4.78 is 7.11. The third-order valence-corrected chi connectivity index (χ3v) is 3.22. The summed E-state index contributed by atoms with van der Waals surface area (Å²) in [6.45, 7) is 0.910. The SMILES string of the molecule is Cn1cc2cc(-c3ccccc3OCCN)[nH]c2nc1=O. The van der Waals surface area contributed by atoms with Gasteiger partial charge in [-0.2, -0.15) is 4.98 Å². The summed E-state index contributed by atoms with van der Waals surface area (Å²) in [6.07, 6.45) is 1.76. The molecule has 3 N–H and O–H groups in total. The summed E-state index contributed by atoms with van der Waals surface area (Å²) in [4.78, 5) is 18.7. The van der Waals surface area contributed by atoms with Gasteiger partial charge in [0.25, 0.3) is 0 Å². The first-order chi connectivity index (χ1) is 10.2. The third kappa shape index (κ3) is 2.53. The van der Waals surface area contributed by atoms with Crippen molar-refractivity contribution in [1.82, 2.24) is 14.5 Å². The Labute approximate surface area is 121 Å². The lowest BCUT2D eigenvalue weighted by Crippen LogP contribution is -2.18. The van der Waals surface area contributed by atoms with Crippen LogP contribution in [0, 0.1) is 0 Å². The van der Waals surface area contributed by atoms with E-state index in [0.29, 0.717) is 18.8 Å². The predicted octanol–water partition coefficient (Wildman–Crippen LogP) is 1.27. The highest BCUT2D eigenvalue weighted by molar-refractivity contribution is 5.83. The Morgan fingerprint density at radius 1 is 1.38 bits per heavy atom. The van der Waals surface area contributed by atoms with Crippen molar-refractivity contribution in [2.75, 3.05) is 13.2 Å². The van der Waals surface area contributed by atoms with E-state index in [1.807, 2.05) is 30.3 Å². The molecular formula is C15H16N4O2. The highest BCUT2D eigenvalue weighted by Crippen LogP contribution is 2.30. The van der Waals surface area contributed by atoms with E-state index in [1.165, 1.54) is 4.57 Å². The van der Waals surface area contributed by atoms with Gasteiger partial charge >= 0.3 is 5.69 Å². The molecule has 2 aromatic heterocycles. The molecule has 0 saturated heterocycles. The molecule has 0 saturated carbocycles. The van der Waals surface area contributed by atoms with Gasteiger partial charge < -0.3 is 20.0 Å². The van der Waals surface area contributed by atoms with Gasteiger partial charge in [0.15, 0.2) is 0 Å². The summed E-state index contributed by atoms with van der Waals surface area (Å²) in [5, 5.41) is 0.876. The maximum atomic E-state index is 11.6. The smallest absolute Gasteiger partial charge is 0.349 e. The van der Waals surface area contributed by atoms with Crippen molar-refractivity contribution < 1.29 is 4.74 Å². The van der Waals surface area contributed by atoms with Crippen LogP contribution < -0.4 is 16.2 Å². The summed E-state index contributed by atoms with van der Waals surface area (Å²) >= 11 is 0. The average Bonchev–Trinajstić information content (AvgIpc) is 2.88. The molecule has 21 heavy (non-hydrogen) atoms. The van der Waals surface area contributed by atoms with Gasteiger partial charge in [-0.3, -0.25) is 0 Å². The summed E-state index contributed by atoms with van der Waals surface area (Å²) in [5.41, 5.74) is 7.54. The van der Waals surface area contributed by atoms with Crippen molar-refractivity contribution in [2.45, 2.75) is 0 Å². The van der Waals surface area contributed by atoms with Crippen LogP contribution in [-0.4, -0.2) is 27.7 Å². The summed E-state index contributed by atoms with van der Waals surface area (Å²) in [5.74, 6) is 0.751. The van der Waals surface area contributed by atoms with Crippen LogP contribution in [0.3, 0.4) is 0 Å². The molecule has 6 heteroatoms. The van der Waals surface area contributed by atoms with Crippen LogP contribution in [0.25, 0.3) is 22.3 Å². The molecular weight excluding hydrogens is 268 g/mol. The van der Waals surface area contributed by atoms with E-state index in [-0.39, 0.29) is 5.69 Å².